The molecular formula is C13H14ClNO. The molecule has 0 saturated heterocycles. The number of hydrogen-bond acceptors (Lipinski definition) is 2. The molecule has 2 rings (SSSR count). The average molecular weight is 236 g/mol. The topological polar surface area (TPSA) is 22.1 Å². The van der Waals surface area contributed by atoms with Crippen molar-refractivity contribution < 1.29 is 4.74 Å². The molecule has 0 atom stereocenters. The quantitative estimate of drug-likeness (QED) is 0.784. The third kappa shape index (κ3) is 1.98. The summed E-state index contributed by atoms with van der Waals surface area (Å²) in [4.78, 5) is 4.58. The highest BCUT2D eigenvalue weighted by Crippen LogP contribution is 2.29. The summed E-state index contributed by atoms with van der Waals surface area (Å²) in [6, 6.07) is 7.64. The van der Waals surface area contributed by atoms with E-state index in [1.807, 2.05) is 24.3 Å². The van der Waals surface area contributed by atoms with E-state index in [0.717, 1.165) is 22.3 Å². The number of nitrogens with zero attached hydrogens (tertiary/aromatic N) is 1. The van der Waals surface area contributed by atoms with Crippen LogP contribution >= 0.6 is 11.6 Å². The van der Waals surface area contributed by atoms with Crippen molar-refractivity contribution in [2.75, 3.05) is 7.11 Å². The van der Waals surface area contributed by atoms with Gasteiger partial charge in [-0.3, -0.25) is 4.98 Å². The summed E-state index contributed by atoms with van der Waals surface area (Å²) in [5.41, 5.74) is 1.90. The van der Waals surface area contributed by atoms with Crippen molar-refractivity contribution >= 4 is 22.5 Å². The SMILES string of the molecule is COc1cc(C(C)C)nc2cc(Cl)ccc12. The predicted octanol–water partition coefficient (Wildman–Crippen LogP) is 4.02. The Morgan fingerprint density at radius 3 is 2.62 bits per heavy atom. The smallest absolute Gasteiger partial charge is 0.130 e. The summed E-state index contributed by atoms with van der Waals surface area (Å²) >= 11 is 5.97. The molecule has 2 aromatic rings. The first-order valence-corrected chi connectivity index (χ1v) is 5.64. The summed E-state index contributed by atoms with van der Waals surface area (Å²) in [5, 5.41) is 1.69. The van der Waals surface area contributed by atoms with Gasteiger partial charge in [-0.2, -0.15) is 0 Å². The van der Waals surface area contributed by atoms with Crippen molar-refractivity contribution in [1.29, 1.82) is 0 Å². The molecule has 1 aromatic carbocycles. The van der Waals surface area contributed by atoms with E-state index in [0.29, 0.717) is 10.9 Å². The van der Waals surface area contributed by atoms with Crippen LogP contribution in [0, 0.1) is 0 Å². The molecule has 0 fully saturated rings. The maximum Gasteiger partial charge on any atom is 0.130 e. The second-order valence-electron chi connectivity index (χ2n) is 4.07. The van der Waals surface area contributed by atoms with Crippen LogP contribution in [0.4, 0.5) is 0 Å². The summed E-state index contributed by atoms with van der Waals surface area (Å²) in [5.74, 6) is 1.22. The van der Waals surface area contributed by atoms with Crippen molar-refractivity contribution in [2.24, 2.45) is 0 Å². The first kappa shape index (κ1) is 11.2. The van der Waals surface area contributed by atoms with Gasteiger partial charge in [-0.1, -0.05) is 25.4 Å². The van der Waals surface area contributed by atoms with E-state index in [9.17, 15) is 0 Å². The monoisotopic (exact) mass is 235 g/mol. The Balaban J connectivity index is 2.73. The average Bonchev–Trinajstić information content (AvgIpc) is 2.26. The largest absolute Gasteiger partial charge is 0.496 e. The molecule has 0 radical (unpaired) electrons. The van der Waals surface area contributed by atoms with Crippen LogP contribution in [0.15, 0.2) is 24.3 Å². The predicted molar refractivity (Wildman–Crippen MR) is 67.4 cm³/mol. The van der Waals surface area contributed by atoms with E-state index in [2.05, 4.69) is 18.8 Å². The number of fused-ring (bicyclic) bond motifs is 1. The number of hydrogen-bond donors (Lipinski definition) is 0. The van der Waals surface area contributed by atoms with Gasteiger partial charge in [-0.15, -0.1) is 0 Å². The fourth-order valence-electron chi connectivity index (χ4n) is 1.65. The number of benzene rings is 1. The number of pyridine rings is 1. The van der Waals surface area contributed by atoms with Gasteiger partial charge in [-0.25, -0.2) is 0 Å². The molecule has 3 heteroatoms. The highest BCUT2D eigenvalue weighted by molar-refractivity contribution is 6.31. The first-order valence-electron chi connectivity index (χ1n) is 5.26. The molecule has 0 bridgehead atoms. The molecule has 0 aliphatic heterocycles. The van der Waals surface area contributed by atoms with Crippen molar-refractivity contribution in [1.82, 2.24) is 4.98 Å². The minimum Gasteiger partial charge on any atom is -0.496 e. The fraction of sp³-hybridized carbons (Fsp3) is 0.308. The Kier molecular flexibility index (Phi) is 3.01. The van der Waals surface area contributed by atoms with Crippen molar-refractivity contribution in [3.05, 3.63) is 35.0 Å². The molecule has 0 spiro atoms. The fourth-order valence-corrected chi connectivity index (χ4v) is 1.82. The van der Waals surface area contributed by atoms with Crippen LogP contribution in [0.1, 0.15) is 25.5 Å². The van der Waals surface area contributed by atoms with Gasteiger partial charge in [0, 0.05) is 22.2 Å². The van der Waals surface area contributed by atoms with Crippen LogP contribution in [-0.4, -0.2) is 12.1 Å². The van der Waals surface area contributed by atoms with Gasteiger partial charge in [0.2, 0.25) is 0 Å². The third-order valence-corrected chi connectivity index (χ3v) is 2.80. The van der Waals surface area contributed by atoms with Crippen LogP contribution in [0.2, 0.25) is 5.02 Å². The lowest BCUT2D eigenvalue weighted by Crippen LogP contribution is -1.96. The second kappa shape index (κ2) is 4.30. The zero-order valence-electron chi connectivity index (χ0n) is 9.62. The second-order valence-corrected chi connectivity index (χ2v) is 4.50. The Morgan fingerprint density at radius 1 is 1.25 bits per heavy atom. The van der Waals surface area contributed by atoms with E-state index < -0.39 is 0 Å². The van der Waals surface area contributed by atoms with Crippen LogP contribution in [0.25, 0.3) is 10.9 Å². The summed E-state index contributed by atoms with van der Waals surface area (Å²) < 4.78 is 5.38. The number of aromatic nitrogens is 1. The lowest BCUT2D eigenvalue weighted by atomic mass is 10.1. The molecular weight excluding hydrogens is 222 g/mol. The van der Waals surface area contributed by atoms with Crippen molar-refractivity contribution in [2.45, 2.75) is 19.8 Å². The van der Waals surface area contributed by atoms with E-state index in [1.54, 1.807) is 7.11 Å². The molecule has 0 saturated carbocycles. The third-order valence-electron chi connectivity index (χ3n) is 2.57. The van der Waals surface area contributed by atoms with Crippen molar-refractivity contribution in [3.63, 3.8) is 0 Å². The first-order chi connectivity index (χ1) is 7.61. The van der Waals surface area contributed by atoms with Gasteiger partial charge in [0.15, 0.2) is 0 Å². The molecule has 0 amide bonds. The van der Waals surface area contributed by atoms with Gasteiger partial charge in [0.25, 0.3) is 0 Å². The zero-order valence-corrected chi connectivity index (χ0v) is 10.4. The van der Waals surface area contributed by atoms with Gasteiger partial charge in [-0.05, 0) is 24.1 Å². The number of halogens is 1. The molecule has 1 aromatic heterocycles. The molecule has 84 valence electrons. The normalized spacial score (nSPS) is 11.1. The van der Waals surface area contributed by atoms with E-state index in [4.69, 9.17) is 16.3 Å². The molecule has 0 aliphatic carbocycles. The Labute approximate surface area is 100 Å². The minimum absolute atomic E-state index is 0.372. The highest BCUT2D eigenvalue weighted by Gasteiger charge is 2.08. The molecule has 16 heavy (non-hydrogen) atoms. The number of ether oxygens (including phenoxy) is 1. The van der Waals surface area contributed by atoms with Crippen LogP contribution in [-0.2, 0) is 0 Å². The van der Waals surface area contributed by atoms with Gasteiger partial charge in [0.05, 0.1) is 12.6 Å². The maximum absolute atomic E-state index is 5.97. The van der Waals surface area contributed by atoms with E-state index >= 15 is 0 Å². The molecule has 0 N–H and O–H groups in total. The Morgan fingerprint density at radius 2 is 2.00 bits per heavy atom. The van der Waals surface area contributed by atoms with Gasteiger partial charge < -0.3 is 4.74 Å². The zero-order chi connectivity index (χ0) is 11.7. The van der Waals surface area contributed by atoms with Crippen LogP contribution in [0.5, 0.6) is 5.75 Å². The molecule has 0 unspecified atom stereocenters. The highest BCUT2D eigenvalue weighted by atomic mass is 35.5. The van der Waals surface area contributed by atoms with Crippen LogP contribution < -0.4 is 4.74 Å². The molecule has 0 aliphatic rings. The maximum atomic E-state index is 5.97. The van der Waals surface area contributed by atoms with Crippen LogP contribution in [0.3, 0.4) is 0 Å². The summed E-state index contributed by atoms with van der Waals surface area (Å²) in [6.45, 7) is 4.22. The molecule has 2 nitrogen and oxygen atoms in total. The minimum atomic E-state index is 0.372. The van der Waals surface area contributed by atoms with E-state index in [-0.39, 0.29) is 0 Å². The Bertz CT molecular complexity index is 523. The number of rotatable bonds is 2. The molecule has 1 heterocycles. The lowest BCUT2D eigenvalue weighted by Gasteiger charge is -2.10. The standard InChI is InChI=1S/C13H14ClNO/c1-8(2)11-7-13(16-3)10-5-4-9(14)6-12(10)15-11/h4-8H,1-3H3. The summed E-state index contributed by atoms with van der Waals surface area (Å²) in [6.07, 6.45) is 0. The Hall–Kier alpha value is -1.28. The van der Waals surface area contributed by atoms with Gasteiger partial charge >= 0.3 is 0 Å². The summed E-state index contributed by atoms with van der Waals surface area (Å²) in [7, 11) is 1.67. The lowest BCUT2D eigenvalue weighted by molar-refractivity contribution is 0.418. The number of methoxy groups -OCH3 is 1. The van der Waals surface area contributed by atoms with Crippen molar-refractivity contribution in [3.8, 4) is 5.75 Å². The van der Waals surface area contributed by atoms with E-state index in [1.165, 1.54) is 0 Å². The van der Waals surface area contributed by atoms with Gasteiger partial charge in [0.1, 0.15) is 5.75 Å².